The van der Waals surface area contributed by atoms with Gasteiger partial charge in [0, 0.05) is 43.3 Å². The number of rotatable bonds is 3. The Morgan fingerprint density at radius 3 is 2.59 bits per heavy atom. The fourth-order valence-electron chi connectivity index (χ4n) is 2.57. The molecule has 1 aromatic heterocycles. The van der Waals surface area contributed by atoms with Gasteiger partial charge in [0.1, 0.15) is 5.82 Å². The number of thiophene rings is 1. The number of halogens is 2. The average molecular weight is 339 g/mol. The fourth-order valence-corrected chi connectivity index (χ4v) is 3.49. The first-order valence-corrected chi connectivity index (χ1v) is 8.39. The van der Waals surface area contributed by atoms with E-state index < -0.39 is 0 Å². The van der Waals surface area contributed by atoms with Crippen LogP contribution in [0.4, 0.5) is 4.39 Å². The predicted octanol–water partition coefficient (Wildman–Crippen LogP) is 3.50. The van der Waals surface area contributed by atoms with Crippen LogP contribution in [-0.4, -0.2) is 41.9 Å². The molecule has 116 valence electrons. The number of carbonyl (C=O) groups is 1. The van der Waals surface area contributed by atoms with Gasteiger partial charge in [-0.1, -0.05) is 23.7 Å². The van der Waals surface area contributed by atoms with E-state index in [1.54, 1.807) is 12.1 Å². The fraction of sp³-hybridized carbons (Fsp3) is 0.312. The molecule has 1 fully saturated rings. The third-order valence-electron chi connectivity index (χ3n) is 3.83. The molecule has 3 rings (SSSR count). The standard InChI is InChI=1S/C16H16ClFN2OS/c17-13-3-1-4-14(18)12(13)11-19-6-8-20(9-7-19)16(21)15-5-2-10-22-15/h1-5,10H,6-9,11H2. The van der Waals surface area contributed by atoms with Crippen molar-refractivity contribution in [3.05, 3.63) is 57.0 Å². The number of hydrogen-bond donors (Lipinski definition) is 0. The van der Waals surface area contributed by atoms with Gasteiger partial charge in [-0.15, -0.1) is 11.3 Å². The molecule has 1 aliphatic rings. The zero-order valence-electron chi connectivity index (χ0n) is 12.0. The highest BCUT2D eigenvalue weighted by molar-refractivity contribution is 7.12. The molecule has 0 saturated carbocycles. The van der Waals surface area contributed by atoms with Gasteiger partial charge < -0.3 is 4.90 Å². The molecule has 0 atom stereocenters. The Kier molecular flexibility index (Phi) is 4.76. The van der Waals surface area contributed by atoms with Crippen molar-refractivity contribution >= 4 is 28.8 Å². The van der Waals surface area contributed by atoms with Crippen molar-refractivity contribution in [1.82, 2.24) is 9.80 Å². The summed E-state index contributed by atoms with van der Waals surface area (Å²) in [5.41, 5.74) is 0.530. The number of hydrogen-bond acceptors (Lipinski definition) is 3. The van der Waals surface area contributed by atoms with E-state index >= 15 is 0 Å². The second-order valence-electron chi connectivity index (χ2n) is 5.25. The van der Waals surface area contributed by atoms with E-state index in [-0.39, 0.29) is 11.7 Å². The van der Waals surface area contributed by atoms with Gasteiger partial charge in [-0.05, 0) is 23.6 Å². The summed E-state index contributed by atoms with van der Waals surface area (Å²) in [5, 5.41) is 2.36. The maximum absolute atomic E-state index is 13.8. The first-order chi connectivity index (χ1) is 10.6. The van der Waals surface area contributed by atoms with E-state index in [0.29, 0.717) is 30.2 Å². The van der Waals surface area contributed by atoms with Crippen LogP contribution in [-0.2, 0) is 6.54 Å². The van der Waals surface area contributed by atoms with Crippen molar-refractivity contribution < 1.29 is 9.18 Å². The van der Waals surface area contributed by atoms with Gasteiger partial charge in [0.05, 0.1) is 4.88 Å². The SMILES string of the molecule is O=C(c1cccs1)N1CCN(Cc2c(F)cccc2Cl)CC1. The number of nitrogens with zero attached hydrogens (tertiary/aromatic N) is 2. The first kappa shape index (κ1) is 15.5. The van der Waals surface area contributed by atoms with Gasteiger partial charge in [0.25, 0.3) is 5.91 Å². The van der Waals surface area contributed by atoms with E-state index in [9.17, 15) is 9.18 Å². The van der Waals surface area contributed by atoms with Crippen LogP contribution in [0.15, 0.2) is 35.7 Å². The van der Waals surface area contributed by atoms with Gasteiger partial charge in [-0.2, -0.15) is 0 Å². The van der Waals surface area contributed by atoms with Gasteiger partial charge in [0.2, 0.25) is 0 Å². The van der Waals surface area contributed by atoms with Gasteiger partial charge >= 0.3 is 0 Å². The summed E-state index contributed by atoms with van der Waals surface area (Å²) in [7, 11) is 0. The molecule has 1 aromatic carbocycles. The minimum absolute atomic E-state index is 0.0820. The Bertz CT molecular complexity index is 634. The Morgan fingerprint density at radius 2 is 1.95 bits per heavy atom. The van der Waals surface area contributed by atoms with Gasteiger partial charge in [0.15, 0.2) is 0 Å². The molecule has 2 heterocycles. The van der Waals surface area contributed by atoms with Crippen LogP contribution >= 0.6 is 22.9 Å². The van der Waals surface area contributed by atoms with Crippen LogP contribution in [0.5, 0.6) is 0 Å². The summed E-state index contributed by atoms with van der Waals surface area (Å²) in [5.74, 6) is -0.192. The van der Waals surface area contributed by atoms with Crippen molar-refractivity contribution in [1.29, 1.82) is 0 Å². The van der Waals surface area contributed by atoms with Gasteiger partial charge in [-0.3, -0.25) is 9.69 Å². The van der Waals surface area contributed by atoms with E-state index in [2.05, 4.69) is 4.90 Å². The molecule has 22 heavy (non-hydrogen) atoms. The van der Waals surface area contributed by atoms with Crippen molar-refractivity contribution in [3.8, 4) is 0 Å². The van der Waals surface area contributed by atoms with E-state index in [0.717, 1.165) is 18.0 Å². The zero-order chi connectivity index (χ0) is 15.5. The zero-order valence-corrected chi connectivity index (χ0v) is 13.5. The molecule has 0 spiro atoms. The second kappa shape index (κ2) is 6.77. The summed E-state index contributed by atoms with van der Waals surface area (Å²) in [6, 6.07) is 8.47. The molecular weight excluding hydrogens is 323 g/mol. The molecular formula is C16H16ClFN2OS. The maximum Gasteiger partial charge on any atom is 0.264 e. The molecule has 0 bridgehead atoms. The summed E-state index contributed by atoms with van der Waals surface area (Å²) in [6.07, 6.45) is 0. The Labute approximate surface area is 137 Å². The van der Waals surface area contributed by atoms with Crippen molar-refractivity contribution in [3.63, 3.8) is 0 Å². The summed E-state index contributed by atoms with van der Waals surface area (Å²) < 4.78 is 13.8. The number of carbonyl (C=O) groups excluding carboxylic acids is 1. The van der Waals surface area contributed by atoms with Crippen LogP contribution in [0, 0.1) is 5.82 Å². The first-order valence-electron chi connectivity index (χ1n) is 7.13. The topological polar surface area (TPSA) is 23.6 Å². The third-order valence-corrected chi connectivity index (χ3v) is 5.05. The van der Waals surface area contributed by atoms with Crippen molar-refractivity contribution in [2.75, 3.05) is 26.2 Å². The lowest BCUT2D eigenvalue weighted by molar-refractivity contribution is 0.0632. The summed E-state index contributed by atoms with van der Waals surface area (Å²) >= 11 is 7.53. The molecule has 0 unspecified atom stereocenters. The van der Waals surface area contributed by atoms with Crippen LogP contribution in [0.25, 0.3) is 0 Å². The van der Waals surface area contributed by atoms with Crippen molar-refractivity contribution in [2.45, 2.75) is 6.54 Å². The molecule has 1 aliphatic heterocycles. The van der Waals surface area contributed by atoms with Crippen LogP contribution in [0.2, 0.25) is 5.02 Å². The van der Waals surface area contributed by atoms with Crippen molar-refractivity contribution in [2.24, 2.45) is 0 Å². The van der Waals surface area contributed by atoms with Gasteiger partial charge in [-0.25, -0.2) is 4.39 Å². The lowest BCUT2D eigenvalue weighted by Gasteiger charge is -2.34. The monoisotopic (exact) mass is 338 g/mol. The molecule has 0 radical (unpaired) electrons. The number of piperazine rings is 1. The van der Waals surface area contributed by atoms with Crippen LogP contribution in [0.3, 0.4) is 0 Å². The van der Waals surface area contributed by atoms with E-state index in [4.69, 9.17) is 11.6 Å². The summed E-state index contributed by atoms with van der Waals surface area (Å²) in [4.78, 5) is 17.0. The maximum atomic E-state index is 13.8. The molecule has 1 amide bonds. The molecule has 0 N–H and O–H groups in total. The number of amides is 1. The summed E-state index contributed by atoms with van der Waals surface area (Å²) in [6.45, 7) is 3.24. The van der Waals surface area contributed by atoms with E-state index in [1.807, 2.05) is 22.4 Å². The normalized spacial score (nSPS) is 16.0. The Morgan fingerprint density at radius 1 is 1.18 bits per heavy atom. The highest BCUT2D eigenvalue weighted by atomic mass is 35.5. The molecule has 6 heteroatoms. The third kappa shape index (κ3) is 3.32. The van der Waals surface area contributed by atoms with E-state index in [1.165, 1.54) is 17.4 Å². The predicted molar refractivity (Wildman–Crippen MR) is 86.9 cm³/mol. The lowest BCUT2D eigenvalue weighted by atomic mass is 10.2. The quantitative estimate of drug-likeness (QED) is 0.855. The molecule has 3 nitrogen and oxygen atoms in total. The minimum Gasteiger partial charge on any atom is -0.335 e. The highest BCUT2D eigenvalue weighted by Gasteiger charge is 2.23. The second-order valence-corrected chi connectivity index (χ2v) is 6.60. The number of benzene rings is 1. The minimum atomic E-state index is -0.274. The molecule has 0 aliphatic carbocycles. The molecule has 2 aromatic rings. The Hall–Kier alpha value is -1.43. The smallest absolute Gasteiger partial charge is 0.264 e. The molecule has 1 saturated heterocycles. The Balaban J connectivity index is 1.59. The van der Waals surface area contributed by atoms with Crippen LogP contribution < -0.4 is 0 Å². The largest absolute Gasteiger partial charge is 0.335 e. The van der Waals surface area contributed by atoms with Crippen LogP contribution in [0.1, 0.15) is 15.2 Å². The highest BCUT2D eigenvalue weighted by Crippen LogP contribution is 2.22. The average Bonchev–Trinajstić information content (AvgIpc) is 3.05. The lowest BCUT2D eigenvalue weighted by Crippen LogP contribution is -2.48.